The lowest BCUT2D eigenvalue weighted by Gasteiger charge is -2.54. The van der Waals surface area contributed by atoms with Gasteiger partial charge in [-0.1, -0.05) is 19.9 Å². The number of carbonyl (C=O) groups is 1. The van der Waals surface area contributed by atoms with Gasteiger partial charge in [-0.05, 0) is 30.7 Å². The minimum absolute atomic E-state index is 0.0506. The van der Waals surface area contributed by atoms with Gasteiger partial charge in [0.25, 0.3) is 0 Å². The molecule has 5 heteroatoms. The van der Waals surface area contributed by atoms with E-state index in [0.717, 1.165) is 32.4 Å². The van der Waals surface area contributed by atoms with Crippen LogP contribution in [0.25, 0.3) is 0 Å². The fraction of sp³-hybridized carbons (Fsp3) is 0.706. The third-order valence-electron chi connectivity index (χ3n) is 5.53. The Morgan fingerprint density at radius 3 is 2.95 bits per heavy atom. The van der Waals surface area contributed by atoms with Crippen molar-refractivity contribution < 1.29 is 9.53 Å². The maximum absolute atomic E-state index is 12.8. The van der Waals surface area contributed by atoms with Gasteiger partial charge in [0.05, 0.1) is 12.6 Å². The standard InChI is InChI=1S/C17H24N2O2S/c1-17(2)14(13-7-8-21-15(13)17)18-16(20)19(11-5-6-11)10-12-4-3-9-22-12/h3-4,9,11,13-15H,5-8,10H2,1-2H3,(H,18,20)/t13-,14+,15-/m0/s1. The molecule has 0 bridgehead atoms. The van der Waals surface area contributed by atoms with E-state index >= 15 is 0 Å². The van der Waals surface area contributed by atoms with Gasteiger partial charge >= 0.3 is 6.03 Å². The van der Waals surface area contributed by atoms with Gasteiger partial charge in [0, 0.05) is 34.9 Å². The van der Waals surface area contributed by atoms with Gasteiger partial charge in [-0.25, -0.2) is 4.79 Å². The van der Waals surface area contributed by atoms with Gasteiger partial charge in [0.1, 0.15) is 0 Å². The predicted molar refractivity (Wildman–Crippen MR) is 86.8 cm³/mol. The summed E-state index contributed by atoms with van der Waals surface area (Å²) in [6, 6.07) is 4.96. The van der Waals surface area contributed by atoms with Gasteiger partial charge in [-0.3, -0.25) is 0 Å². The third kappa shape index (κ3) is 2.35. The Labute approximate surface area is 135 Å². The summed E-state index contributed by atoms with van der Waals surface area (Å²) >= 11 is 1.73. The van der Waals surface area contributed by atoms with Crippen molar-refractivity contribution in [2.24, 2.45) is 11.3 Å². The maximum Gasteiger partial charge on any atom is 0.318 e. The molecule has 0 radical (unpaired) electrons. The van der Waals surface area contributed by atoms with Crippen molar-refractivity contribution in [1.29, 1.82) is 0 Å². The summed E-state index contributed by atoms with van der Waals surface area (Å²) in [4.78, 5) is 16.1. The molecule has 1 aromatic heterocycles. The average Bonchev–Trinajstić information content (AvgIpc) is 3.03. The smallest absolute Gasteiger partial charge is 0.318 e. The number of rotatable bonds is 4. The van der Waals surface area contributed by atoms with Crippen LogP contribution >= 0.6 is 11.3 Å². The van der Waals surface area contributed by atoms with Crippen LogP contribution in [-0.2, 0) is 11.3 Å². The molecule has 3 atom stereocenters. The highest BCUT2D eigenvalue weighted by atomic mass is 32.1. The molecule has 4 nitrogen and oxygen atoms in total. The van der Waals surface area contributed by atoms with E-state index in [2.05, 4.69) is 36.7 Å². The molecule has 1 aromatic rings. The van der Waals surface area contributed by atoms with Gasteiger partial charge in [0.2, 0.25) is 0 Å². The second-order valence-electron chi connectivity index (χ2n) is 7.43. The Morgan fingerprint density at radius 1 is 1.45 bits per heavy atom. The Bertz CT molecular complexity index is 553. The summed E-state index contributed by atoms with van der Waals surface area (Å²) in [7, 11) is 0. The number of thiophene rings is 1. The molecule has 1 saturated heterocycles. The highest BCUT2D eigenvalue weighted by Crippen LogP contribution is 2.52. The summed E-state index contributed by atoms with van der Waals surface area (Å²) in [5.41, 5.74) is 0.0506. The highest BCUT2D eigenvalue weighted by molar-refractivity contribution is 7.09. The fourth-order valence-corrected chi connectivity index (χ4v) is 4.86. The van der Waals surface area contributed by atoms with Gasteiger partial charge < -0.3 is 15.0 Å². The van der Waals surface area contributed by atoms with E-state index < -0.39 is 0 Å². The second kappa shape index (κ2) is 5.24. The van der Waals surface area contributed by atoms with Gasteiger partial charge in [-0.15, -0.1) is 11.3 Å². The average molecular weight is 320 g/mol. The zero-order valence-electron chi connectivity index (χ0n) is 13.2. The summed E-state index contributed by atoms with van der Waals surface area (Å²) in [5, 5.41) is 5.40. The first-order valence-corrected chi connectivity index (χ1v) is 9.16. The lowest BCUT2D eigenvalue weighted by atomic mass is 9.57. The molecule has 22 heavy (non-hydrogen) atoms. The number of hydrogen-bond acceptors (Lipinski definition) is 3. The minimum Gasteiger partial charge on any atom is -0.377 e. The molecule has 4 rings (SSSR count). The fourth-order valence-electron chi connectivity index (χ4n) is 4.16. The maximum atomic E-state index is 12.8. The molecule has 2 aliphatic carbocycles. The number of hydrogen-bond donors (Lipinski definition) is 1. The van der Waals surface area contributed by atoms with Crippen LogP contribution in [0.3, 0.4) is 0 Å². The molecule has 3 fully saturated rings. The van der Waals surface area contributed by atoms with E-state index in [0.29, 0.717) is 18.1 Å². The van der Waals surface area contributed by atoms with Crippen LogP contribution in [-0.4, -0.2) is 35.7 Å². The van der Waals surface area contributed by atoms with Crippen LogP contribution < -0.4 is 5.32 Å². The van der Waals surface area contributed by atoms with Crippen LogP contribution in [0.1, 0.15) is 38.0 Å². The van der Waals surface area contributed by atoms with Crippen LogP contribution in [0, 0.1) is 11.3 Å². The second-order valence-corrected chi connectivity index (χ2v) is 8.46. The van der Waals surface area contributed by atoms with Crippen LogP contribution in [0.5, 0.6) is 0 Å². The number of nitrogens with one attached hydrogen (secondary N) is 1. The predicted octanol–water partition coefficient (Wildman–Crippen LogP) is 3.24. The topological polar surface area (TPSA) is 41.6 Å². The molecular formula is C17H24N2O2S. The van der Waals surface area contributed by atoms with Crippen molar-refractivity contribution in [2.75, 3.05) is 6.61 Å². The first-order valence-electron chi connectivity index (χ1n) is 8.28. The SMILES string of the molecule is CC1(C)[C@H](NC(=O)N(Cc2cccs2)C2CC2)[C@@H]2CCO[C@@H]21. The van der Waals surface area contributed by atoms with Crippen LogP contribution in [0.15, 0.2) is 17.5 Å². The summed E-state index contributed by atoms with van der Waals surface area (Å²) in [6.45, 7) is 6.01. The van der Waals surface area contributed by atoms with E-state index in [4.69, 9.17) is 4.74 Å². The molecule has 0 spiro atoms. The molecule has 3 aliphatic rings. The molecule has 2 heterocycles. The Hall–Kier alpha value is -1.07. The van der Waals surface area contributed by atoms with Gasteiger partial charge in [-0.2, -0.15) is 0 Å². The molecule has 0 unspecified atom stereocenters. The van der Waals surface area contributed by atoms with E-state index in [9.17, 15) is 4.79 Å². The van der Waals surface area contributed by atoms with E-state index in [-0.39, 0.29) is 17.5 Å². The van der Waals surface area contributed by atoms with Crippen molar-refractivity contribution in [1.82, 2.24) is 10.2 Å². The van der Waals surface area contributed by atoms with Crippen LogP contribution in [0.2, 0.25) is 0 Å². The Morgan fingerprint density at radius 2 is 2.27 bits per heavy atom. The zero-order chi connectivity index (χ0) is 15.3. The molecule has 120 valence electrons. The molecule has 0 aromatic carbocycles. The monoisotopic (exact) mass is 320 g/mol. The molecule has 2 saturated carbocycles. The summed E-state index contributed by atoms with van der Waals surface area (Å²) < 4.78 is 5.82. The summed E-state index contributed by atoms with van der Waals surface area (Å²) in [6.07, 6.45) is 3.68. The highest BCUT2D eigenvalue weighted by Gasteiger charge is 2.60. The lowest BCUT2D eigenvalue weighted by molar-refractivity contribution is -0.109. The summed E-state index contributed by atoms with van der Waals surface area (Å²) in [5.74, 6) is 0.502. The molecule has 1 aliphatic heterocycles. The number of amides is 2. The zero-order valence-corrected chi connectivity index (χ0v) is 14.1. The molecule has 1 N–H and O–H groups in total. The third-order valence-corrected chi connectivity index (χ3v) is 6.40. The number of urea groups is 1. The normalized spacial score (nSPS) is 32.2. The van der Waals surface area contributed by atoms with Crippen molar-refractivity contribution in [2.45, 2.75) is 57.8 Å². The van der Waals surface area contributed by atoms with E-state index in [1.54, 1.807) is 11.3 Å². The Balaban J connectivity index is 1.44. The largest absolute Gasteiger partial charge is 0.377 e. The quantitative estimate of drug-likeness (QED) is 0.925. The van der Waals surface area contributed by atoms with Crippen molar-refractivity contribution in [3.63, 3.8) is 0 Å². The van der Waals surface area contributed by atoms with Crippen molar-refractivity contribution in [3.8, 4) is 0 Å². The van der Waals surface area contributed by atoms with Crippen molar-refractivity contribution in [3.05, 3.63) is 22.4 Å². The number of ether oxygens (including phenoxy) is 1. The number of fused-ring (bicyclic) bond motifs is 1. The first kappa shape index (κ1) is 14.5. The van der Waals surface area contributed by atoms with E-state index in [1.807, 2.05) is 4.90 Å². The van der Waals surface area contributed by atoms with Gasteiger partial charge in [0.15, 0.2) is 0 Å². The van der Waals surface area contributed by atoms with Crippen LogP contribution in [0.4, 0.5) is 4.79 Å². The number of carbonyl (C=O) groups excluding carboxylic acids is 1. The van der Waals surface area contributed by atoms with E-state index in [1.165, 1.54) is 4.88 Å². The molecular weight excluding hydrogens is 296 g/mol. The minimum atomic E-state index is 0.0506. The van der Waals surface area contributed by atoms with Crippen molar-refractivity contribution >= 4 is 17.4 Å². The lowest BCUT2D eigenvalue weighted by Crippen LogP contribution is -2.67. The number of nitrogens with zero attached hydrogens (tertiary/aromatic N) is 1. The Kier molecular flexibility index (Phi) is 3.46. The molecule has 2 amide bonds. The first-order chi connectivity index (χ1) is 10.6.